The molecule has 16 heteroatoms. The van der Waals surface area contributed by atoms with Crippen molar-refractivity contribution in [3.63, 3.8) is 0 Å². The predicted molar refractivity (Wildman–Crippen MR) is 173 cm³/mol. The number of nitrogens with zero attached hydrogens (tertiary/aromatic N) is 5. The second-order valence-corrected chi connectivity index (χ2v) is 11.8. The molecule has 244 valence electrons. The van der Waals surface area contributed by atoms with Crippen molar-refractivity contribution in [2.24, 2.45) is 0 Å². The van der Waals surface area contributed by atoms with E-state index in [2.05, 4.69) is 35.9 Å². The van der Waals surface area contributed by atoms with Crippen LogP contribution in [0.1, 0.15) is 55.5 Å². The topological polar surface area (TPSA) is 173 Å². The van der Waals surface area contributed by atoms with Crippen LogP contribution in [0.25, 0.3) is 5.69 Å². The zero-order valence-electron chi connectivity index (χ0n) is 25.4. The minimum atomic E-state index is -4.59. The number of amides is 1. The molecule has 1 aliphatic carbocycles. The number of thiazole rings is 1. The van der Waals surface area contributed by atoms with Crippen LogP contribution in [0.15, 0.2) is 61.2 Å². The zero-order chi connectivity index (χ0) is 33.9. The molecule has 3 aromatic heterocycles. The first-order valence-corrected chi connectivity index (χ1v) is 15.0. The summed E-state index contributed by atoms with van der Waals surface area (Å²) in [6.45, 7) is 5.35. The molecule has 1 saturated carbocycles. The number of aryl methyl sites for hydroxylation is 3. The highest BCUT2D eigenvalue weighted by Gasteiger charge is 2.32. The third-order valence-corrected chi connectivity index (χ3v) is 7.67. The minimum Gasteiger partial charge on any atom is -0.477 e. The van der Waals surface area contributed by atoms with Gasteiger partial charge in [-0.25, -0.2) is 24.7 Å². The van der Waals surface area contributed by atoms with Crippen molar-refractivity contribution in [1.82, 2.24) is 24.5 Å². The normalized spacial score (nSPS) is 12.6. The van der Waals surface area contributed by atoms with Gasteiger partial charge in [-0.15, -0.1) is 0 Å². The van der Waals surface area contributed by atoms with Crippen LogP contribution >= 0.6 is 11.3 Å². The summed E-state index contributed by atoms with van der Waals surface area (Å²) in [5.41, 5.74) is 7.33. The lowest BCUT2D eigenvalue weighted by Crippen LogP contribution is -2.15. The van der Waals surface area contributed by atoms with Gasteiger partial charge in [-0.1, -0.05) is 17.4 Å². The number of imidazole rings is 1. The van der Waals surface area contributed by atoms with E-state index < -0.39 is 23.6 Å². The molecule has 1 aliphatic rings. The van der Waals surface area contributed by atoms with E-state index in [1.807, 2.05) is 13.8 Å². The molecular weight excluding hydrogens is 635 g/mol. The quantitative estimate of drug-likeness (QED) is 0.114. The SMILES string of the molecule is Cc1cn(-c2cc(C(=O)Nc3ccc(C)c(N)c3)cc(C(F)(F)F)c2)cn1.Cc1nc(Nc2ncc(C(=O)O)s2)cc(NC2CC2)n1. The third-order valence-electron chi connectivity index (χ3n) is 6.77. The Balaban J connectivity index is 0.000000193. The van der Waals surface area contributed by atoms with Crippen LogP contribution in [0.5, 0.6) is 0 Å². The van der Waals surface area contributed by atoms with Gasteiger partial charge in [0, 0.05) is 40.9 Å². The van der Waals surface area contributed by atoms with E-state index >= 15 is 0 Å². The summed E-state index contributed by atoms with van der Waals surface area (Å²) in [4.78, 5) is 40.1. The Hall–Kier alpha value is -5.51. The molecule has 12 nitrogen and oxygen atoms in total. The summed E-state index contributed by atoms with van der Waals surface area (Å²) in [6, 6.07) is 10.4. The first kappa shape index (κ1) is 32.9. The van der Waals surface area contributed by atoms with Crippen LogP contribution in [0, 0.1) is 20.8 Å². The number of hydrogen-bond acceptors (Lipinski definition) is 10. The highest BCUT2D eigenvalue weighted by molar-refractivity contribution is 7.17. The molecule has 0 unspecified atom stereocenters. The Morgan fingerprint density at radius 3 is 2.38 bits per heavy atom. The molecule has 6 N–H and O–H groups in total. The lowest BCUT2D eigenvalue weighted by Gasteiger charge is -2.13. The summed E-state index contributed by atoms with van der Waals surface area (Å²) in [5, 5.41) is 18.3. The number of aromatic carboxylic acids is 1. The molecule has 3 heterocycles. The van der Waals surface area contributed by atoms with Crippen molar-refractivity contribution >= 4 is 51.4 Å². The average Bonchev–Trinajstić information content (AvgIpc) is 3.49. The fourth-order valence-electron chi connectivity index (χ4n) is 4.22. The molecule has 0 aliphatic heterocycles. The molecule has 0 atom stereocenters. The molecule has 1 amide bonds. The first-order chi connectivity index (χ1) is 22.2. The van der Waals surface area contributed by atoms with Gasteiger partial charge in [0.25, 0.3) is 5.91 Å². The summed E-state index contributed by atoms with van der Waals surface area (Å²) in [5.74, 6) is 0.380. The van der Waals surface area contributed by atoms with Crippen molar-refractivity contribution < 1.29 is 27.9 Å². The van der Waals surface area contributed by atoms with E-state index in [1.54, 1.807) is 37.4 Å². The number of nitrogens with two attached hydrogens (primary N) is 1. The summed E-state index contributed by atoms with van der Waals surface area (Å²) < 4.78 is 41.3. The molecule has 0 saturated heterocycles. The van der Waals surface area contributed by atoms with Gasteiger partial charge in [-0.3, -0.25) is 4.79 Å². The van der Waals surface area contributed by atoms with Gasteiger partial charge >= 0.3 is 12.1 Å². The number of anilines is 5. The van der Waals surface area contributed by atoms with Crippen molar-refractivity contribution in [3.8, 4) is 5.69 Å². The van der Waals surface area contributed by atoms with Crippen molar-refractivity contribution in [2.75, 3.05) is 21.7 Å². The monoisotopic (exact) mass is 665 g/mol. The fraction of sp³-hybridized carbons (Fsp3) is 0.226. The number of halogens is 3. The van der Waals surface area contributed by atoms with Crippen LogP contribution in [-0.2, 0) is 6.18 Å². The van der Waals surface area contributed by atoms with E-state index in [1.165, 1.54) is 36.0 Å². The van der Waals surface area contributed by atoms with Crippen LogP contribution in [0.4, 0.5) is 41.3 Å². The van der Waals surface area contributed by atoms with E-state index in [9.17, 15) is 22.8 Å². The standard InChI is InChI=1S/C19H17F3N4O.C12H13N5O2S/c1-11-3-4-15(8-17(11)23)25-18(27)13-5-14(19(20,21)22)7-16(6-13)26-9-12(2)24-10-26;1-6-14-9(16-7-2-3-7)4-10(15-6)17-12-13-5-8(20-12)11(18)19/h3-10H,23H2,1-2H3,(H,25,27);4-5,7H,2-3H2,1H3,(H,18,19)(H2,13,14,15,16,17). The second kappa shape index (κ2) is 13.5. The van der Waals surface area contributed by atoms with E-state index in [-0.39, 0.29) is 16.1 Å². The van der Waals surface area contributed by atoms with Crippen molar-refractivity contribution in [1.29, 1.82) is 0 Å². The molecular formula is C31H30F3N9O3S. The van der Waals surface area contributed by atoms with Gasteiger partial charge in [0.05, 0.1) is 23.8 Å². The minimum absolute atomic E-state index is 0.120. The van der Waals surface area contributed by atoms with Gasteiger partial charge in [-0.05, 0) is 69.5 Å². The number of carbonyl (C=O) groups excluding carboxylic acids is 1. The van der Waals surface area contributed by atoms with Crippen LogP contribution < -0.4 is 21.7 Å². The number of rotatable bonds is 8. The largest absolute Gasteiger partial charge is 0.477 e. The Morgan fingerprint density at radius 1 is 1.02 bits per heavy atom. The molecule has 5 aromatic rings. The highest BCUT2D eigenvalue weighted by Crippen LogP contribution is 2.32. The maximum absolute atomic E-state index is 13.3. The van der Waals surface area contributed by atoms with Crippen LogP contribution in [-0.4, -0.2) is 47.5 Å². The Morgan fingerprint density at radius 2 is 1.77 bits per heavy atom. The molecule has 2 aromatic carbocycles. The Labute approximate surface area is 270 Å². The molecule has 6 rings (SSSR count). The van der Waals surface area contributed by atoms with Crippen LogP contribution in [0.2, 0.25) is 0 Å². The number of carbonyl (C=O) groups is 2. The number of nitrogens with one attached hydrogen (secondary N) is 3. The number of aromatic nitrogens is 5. The lowest BCUT2D eigenvalue weighted by atomic mass is 10.1. The number of carboxylic acids is 1. The second-order valence-electron chi connectivity index (χ2n) is 10.8. The van der Waals surface area contributed by atoms with Crippen molar-refractivity contribution in [2.45, 2.75) is 45.8 Å². The Bertz CT molecular complexity index is 1940. The number of hydrogen-bond donors (Lipinski definition) is 5. The van der Waals surface area contributed by atoms with Gasteiger partial charge < -0.3 is 31.4 Å². The van der Waals surface area contributed by atoms with E-state index in [0.29, 0.717) is 39.9 Å². The molecule has 1 fully saturated rings. The number of alkyl halides is 3. The lowest BCUT2D eigenvalue weighted by molar-refractivity contribution is -0.137. The summed E-state index contributed by atoms with van der Waals surface area (Å²) >= 11 is 1.07. The van der Waals surface area contributed by atoms with E-state index in [4.69, 9.17) is 10.8 Å². The third kappa shape index (κ3) is 8.82. The summed E-state index contributed by atoms with van der Waals surface area (Å²) in [6.07, 6.45) is 2.05. The van der Waals surface area contributed by atoms with E-state index in [0.717, 1.165) is 34.9 Å². The smallest absolute Gasteiger partial charge is 0.416 e. The maximum Gasteiger partial charge on any atom is 0.416 e. The molecule has 0 radical (unpaired) electrons. The Kier molecular flexibility index (Phi) is 9.41. The molecule has 0 bridgehead atoms. The number of nitrogen functional groups attached to an aromatic ring is 1. The fourth-order valence-corrected chi connectivity index (χ4v) is 4.88. The number of carboxylic acid groups (broad SMARTS) is 1. The zero-order valence-corrected chi connectivity index (χ0v) is 26.2. The van der Waals surface area contributed by atoms with Gasteiger partial charge in [0.15, 0.2) is 5.13 Å². The van der Waals surface area contributed by atoms with Crippen molar-refractivity contribution in [3.05, 3.63) is 94.3 Å². The average molecular weight is 666 g/mol. The van der Waals surface area contributed by atoms with Gasteiger partial charge in [0.2, 0.25) is 0 Å². The molecule has 47 heavy (non-hydrogen) atoms. The number of benzene rings is 2. The predicted octanol–water partition coefficient (Wildman–Crippen LogP) is 6.60. The first-order valence-electron chi connectivity index (χ1n) is 14.2. The highest BCUT2D eigenvalue weighted by atomic mass is 32.1. The summed E-state index contributed by atoms with van der Waals surface area (Å²) in [7, 11) is 0. The van der Waals surface area contributed by atoms with Crippen LogP contribution in [0.3, 0.4) is 0 Å². The maximum atomic E-state index is 13.3. The van der Waals surface area contributed by atoms with Gasteiger partial charge in [0.1, 0.15) is 22.3 Å². The van der Waals surface area contributed by atoms with Gasteiger partial charge in [-0.2, -0.15) is 13.2 Å². The molecule has 0 spiro atoms.